The summed E-state index contributed by atoms with van der Waals surface area (Å²) < 4.78 is 0.625. The predicted molar refractivity (Wildman–Crippen MR) is 57.9 cm³/mol. The lowest BCUT2D eigenvalue weighted by molar-refractivity contribution is -0.385. The Morgan fingerprint density at radius 2 is 2.27 bits per heavy atom. The number of nitriles is 1. The molecule has 0 saturated heterocycles. The summed E-state index contributed by atoms with van der Waals surface area (Å²) in [6, 6.07) is 6.45. The van der Waals surface area contributed by atoms with Gasteiger partial charge in [-0.25, -0.2) is 0 Å². The van der Waals surface area contributed by atoms with Gasteiger partial charge < -0.3 is 0 Å². The van der Waals surface area contributed by atoms with Crippen molar-refractivity contribution in [3.05, 3.63) is 38.3 Å². The zero-order valence-electron chi connectivity index (χ0n) is 7.53. The van der Waals surface area contributed by atoms with E-state index >= 15 is 0 Å². The largest absolute Gasteiger partial charge is 0.286 e. The maximum absolute atomic E-state index is 10.7. The maximum atomic E-state index is 10.7. The average molecular weight is 265 g/mol. The molecule has 0 aliphatic heterocycles. The summed E-state index contributed by atoms with van der Waals surface area (Å²) >= 11 is 3.14. The zero-order valence-corrected chi connectivity index (χ0v) is 9.11. The molecule has 1 aromatic rings. The molecular weight excluding hydrogens is 260 g/mol. The van der Waals surface area contributed by atoms with E-state index in [9.17, 15) is 10.1 Å². The number of benzene rings is 1. The van der Waals surface area contributed by atoms with Gasteiger partial charge in [-0.3, -0.25) is 10.1 Å². The second kappa shape index (κ2) is 5.14. The van der Waals surface area contributed by atoms with Crippen LogP contribution in [0.3, 0.4) is 0 Å². The molecule has 15 heavy (non-hydrogen) atoms. The molecule has 0 fully saturated rings. The summed E-state index contributed by atoms with van der Waals surface area (Å²) in [5.41, 5.74) is 0.258. The maximum Gasteiger partial charge on any atom is 0.286 e. The summed E-state index contributed by atoms with van der Waals surface area (Å²) in [5, 5.41) is 18.9. The fourth-order valence-electron chi connectivity index (χ4n) is 0.940. The minimum atomic E-state index is -0.499. The van der Waals surface area contributed by atoms with Crippen molar-refractivity contribution >= 4 is 21.6 Å². The Balaban J connectivity index is 3.15. The third kappa shape index (κ3) is 3.08. The Bertz CT molecular complexity index is 494. The normalized spacial score (nSPS) is 8.53. The van der Waals surface area contributed by atoms with E-state index < -0.39 is 4.92 Å². The van der Waals surface area contributed by atoms with E-state index in [1.54, 1.807) is 12.1 Å². The van der Waals surface area contributed by atoms with Crippen LogP contribution in [0.4, 0.5) is 5.69 Å². The van der Waals surface area contributed by atoms with Gasteiger partial charge in [-0.05, 0) is 12.1 Å². The monoisotopic (exact) mass is 264 g/mol. The first-order valence-electron chi connectivity index (χ1n) is 3.95. The molecule has 74 valence electrons. The Morgan fingerprint density at radius 3 is 2.87 bits per heavy atom. The Morgan fingerprint density at radius 1 is 1.53 bits per heavy atom. The van der Waals surface area contributed by atoms with E-state index in [0.717, 1.165) is 0 Å². The van der Waals surface area contributed by atoms with E-state index in [2.05, 4.69) is 27.8 Å². The highest BCUT2D eigenvalue weighted by Crippen LogP contribution is 2.22. The van der Waals surface area contributed by atoms with Crippen LogP contribution in [0.25, 0.3) is 0 Å². The first-order valence-corrected chi connectivity index (χ1v) is 4.74. The Kier molecular flexibility index (Phi) is 3.84. The number of hydrogen-bond acceptors (Lipinski definition) is 3. The van der Waals surface area contributed by atoms with Crippen molar-refractivity contribution in [3.8, 4) is 17.9 Å². The summed E-state index contributed by atoms with van der Waals surface area (Å²) in [7, 11) is 0. The van der Waals surface area contributed by atoms with E-state index in [1.165, 1.54) is 6.07 Å². The van der Waals surface area contributed by atoms with Crippen molar-refractivity contribution in [1.82, 2.24) is 0 Å². The van der Waals surface area contributed by atoms with Gasteiger partial charge in [0.25, 0.3) is 5.69 Å². The van der Waals surface area contributed by atoms with E-state index in [4.69, 9.17) is 5.26 Å². The summed E-state index contributed by atoms with van der Waals surface area (Å²) in [6.45, 7) is 0. The first kappa shape index (κ1) is 11.2. The van der Waals surface area contributed by atoms with Gasteiger partial charge in [0.1, 0.15) is 5.56 Å². The SMILES string of the molecule is N#CCC#Cc1ccc(Br)cc1[N+](=O)[O-]. The molecule has 0 saturated carbocycles. The van der Waals surface area contributed by atoms with Crippen molar-refractivity contribution in [2.75, 3.05) is 0 Å². The first-order chi connectivity index (χ1) is 7.15. The molecule has 0 aliphatic carbocycles. The molecule has 1 aromatic carbocycles. The van der Waals surface area contributed by atoms with Gasteiger partial charge in [0, 0.05) is 10.5 Å². The van der Waals surface area contributed by atoms with Gasteiger partial charge >= 0.3 is 0 Å². The topological polar surface area (TPSA) is 66.9 Å². The molecule has 0 aromatic heterocycles. The van der Waals surface area contributed by atoms with Gasteiger partial charge in [0.15, 0.2) is 0 Å². The van der Waals surface area contributed by atoms with Crippen molar-refractivity contribution in [2.24, 2.45) is 0 Å². The van der Waals surface area contributed by atoms with Gasteiger partial charge in [0.2, 0.25) is 0 Å². The average Bonchev–Trinajstić information content (AvgIpc) is 2.20. The quantitative estimate of drug-likeness (QED) is 0.445. The van der Waals surface area contributed by atoms with Crippen LogP contribution in [0.15, 0.2) is 22.7 Å². The molecule has 0 unspecified atom stereocenters. The number of nitro groups is 1. The Labute approximate surface area is 94.8 Å². The highest BCUT2D eigenvalue weighted by atomic mass is 79.9. The second-order valence-electron chi connectivity index (χ2n) is 2.56. The van der Waals surface area contributed by atoms with Crippen molar-refractivity contribution in [3.63, 3.8) is 0 Å². The zero-order chi connectivity index (χ0) is 11.3. The lowest BCUT2D eigenvalue weighted by atomic mass is 10.2. The van der Waals surface area contributed by atoms with E-state index in [0.29, 0.717) is 10.0 Å². The summed E-state index contributed by atoms with van der Waals surface area (Å²) in [5.74, 6) is 5.12. The molecule has 0 radical (unpaired) electrons. The number of nitro benzene ring substituents is 1. The van der Waals surface area contributed by atoms with Gasteiger partial charge in [-0.1, -0.05) is 27.8 Å². The van der Waals surface area contributed by atoms with Gasteiger partial charge in [-0.15, -0.1) is 0 Å². The molecule has 4 nitrogen and oxygen atoms in total. The third-order valence-corrected chi connectivity index (χ3v) is 2.04. The van der Waals surface area contributed by atoms with Crippen LogP contribution in [0, 0.1) is 33.3 Å². The Hall–Kier alpha value is -1.85. The lowest BCUT2D eigenvalue weighted by Gasteiger charge is -1.95. The highest BCUT2D eigenvalue weighted by Gasteiger charge is 2.11. The van der Waals surface area contributed by atoms with Crippen LogP contribution in [0.5, 0.6) is 0 Å². The minimum absolute atomic E-state index is 0.0604. The van der Waals surface area contributed by atoms with Gasteiger partial charge in [0.05, 0.1) is 17.4 Å². The third-order valence-electron chi connectivity index (χ3n) is 1.55. The molecule has 0 N–H and O–H groups in total. The highest BCUT2D eigenvalue weighted by molar-refractivity contribution is 9.10. The van der Waals surface area contributed by atoms with Crippen LogP contribution >= 0.6 is 15.9 Å². The lowest BCUT2D eigenvalue weighted by Crippen LogP contribution is -1.91. The van der Waals surface area contributed by atoms with Crippen LogP contribution in [0.1, 0.15) is 12.0 Å². The van der Waals surface area contributed by atoms with E-state index in [1.807, 2.05) is 6.07 Å². The van der Waals surface area contributed by atoms with Crippen molar-refractivity contribution in [1.29, 1.82) is 5.26 Å². The number of nitrogens with zero attached hydrogens (tertiary/aromatic N) is 2. The molecule has 0 amide bonds. The molecule has 0 heterocycles. The van der Waals surface area contributed by atoms with Crippen LogP contribution in [-0.4, -0.2) is 4.92 Å². The molecule has 0 bridgehead atoms. The van der Waals surface area contributed by atoms with Crippen molar-refractivity contribution in [2.45, 2.75) is 6.42 Å². The standard InChI is InChI=1S/C10H5BrN2O2/c11-9-5-4-8(3-1-2-6-12)10(7-9)13(14)15/h4-5,7H,2H2. The second-order valence-corrected chi connectivity index (χ2v) is 3.47. The predicted octanol–water partition coefficient (Wildman–Crippen LogP) is 2.62. The summed E-state index contributed by atoms with van der Waals surface area (Å²) in [6.07, 6.45) is 0.0627. The number of hydrogen-bond donors (Lipinski definition) is 0. The van der Waals surface area contributed by atoms with Crippen LogP contribution in [0.2, 0.25) is 0 Å². The number of halogens is 1. The molecule has 0 atom stereocenters. The molecule has 0 aliphatic rings. The molecule has 1 rings (SSSR count). The molecule has 0 spiro atoms. The molecular formula is C10H5BrN2O2. The number of rotatable bonds is 1. The van der Waals surface area contributed by atoms with Gasteiger partial charge in [-0.2, -0.15) is 5.26 Å². The minimum Gasteiger partial charge on any atom is -0.258 e. The van der Waals surface area contributed by atoms with Crippen molar-refractivity contribution < 1.29 is 4.92 Å². The van der Waals surface area contributed by atoms with E-state index in [-0.39, 0.29) is 12.1 Å². The fraction of sp³-hybridized carbons (Fsp3) is 0.100. The summed E-state index contributed by atoms with van der Waals surface area (Å²) in [4.78, 5) is 10.2. The molecule has 5 heteroatoms. The van der Waals surface area contributed by atoms with Crippen LogP contribution < -0.4 is 0 Å². The smallest absolute Gasteiger partial charge is 0.258 e. The van der Waals surface area contributed by atoms with Crippen LogP contribution in [-0.2, 0) is 0 Å². The fourth-order valence-corrected chi connectivity index (χ4v) is 1.29.